The van der Waals surface area contributed by atoms with Crippen LogP contribution in [0.4, 0.5) is 0 Å². The average Bonchev–Trinajstić information content (AvgIpc) is 2.42. The smallest absolute Gasteiger partial charge is 0.0204 e. The van der Waals surface area contributed by atoms with Crippen molar-refractivity contribution in [2.24, 2.45) is 29.1 Å². The van der Waals surface area contributed by atoms with E-state index < -0.39 is 0 Å². The molecule has 120 valence electrons. The van der Waals surface area contributed by atoms with Gasteiger partial charge in [0.2, 0.25) is 0 Å². The molecule has 0 nitrogen and oxygen atoms in total. The highest BCUT2D eigenvalue weighted by Gasteiger charge is 2.37. The van der Waals surface area contributed by atoms with Crippen molar-refractivity contribution in [2.75, 3.05) is 0 Å². The van der Waals surface area contributed by atoms with Gasteiger partial charge in [-0.3, -0.25) is 0 Å². The van der Waals surface area contributed by atoms with Gasteiger partial charge >= 0.3 is 0 Å². The molecule has 4 atom stereocenters. The van der Waals surface area contributed by atoms with Crippen molar-refractivity contribution in [3.63, 3.8) is 0 Å². The van der Waals surface area contributed by atoms with Crippen molar-refractivity contribution in [1.29, 1.82) is 0 Å². The summed E-state index contributed by atoms with van der Waals surface area (Å²) in [7, 11) is 0. The maximum atomic E-state index is 2.48. The van der Waals surface area contributed by atoms with Gasteiger partial charge in [-0.2, -0.15) is 0 Å². The predicted octanol–water partition coefficient (Wildman–Crippen LogP) is 7.10. The second-order valence-electron chi connectivity index (χ2n) is 7.69. The van der Waals surface area contributed by atoms with Crippen LogP contribution in [-0.2, 0) is 0 Å². The minimum Gasteiger partial charge on any atom is -0.0853 e. The Kier molecular flexibility index (Phi) is 8.79. The predicted molar refractivity (Wildman–Crippen MR) is 94.0 cm³/mol. The Balaban J connectivity index is 4.91. The average molecular weight is 281 g/mol. The first kappa shape index (κ1) is 19.7. The van der Waals surface area contributed by atoms with Crippen LogP contribution in [-0.4, -0.2) is 0 Å². The summed E-state index contributed by atoms with van der Waals surface area (Å²) >= 11 is 0. The van der Waals surface area contributed by atoms with Crippen LogP contribution in [0.25, 0.3) is 0 Å². The van der Waals surface area contributed by atoms with E-state index in [-0.39, 0.29) is 0 Å². The maximum Gasteiger partial charge on any atom is -0.0204 e. The molecule has 0 aromatic heterocycles. The van der Waals surface area contributed by atoms with Gasteiger partial charge in [-0.1, -0.05) is 86.3 Å². The van der Waals surface area contributed by atoms with E-state index in [9.17, 15) is 0 Å². The van der Waals surface area contributed by atoms with Crippen LogP contribution in [0, 0.1) is 29.1 Å². The fourth-order valence-corrected chi connectivity index (χ4v) is 3.45. The Labute approximate surface area is 129 Å². The molecule has 4 unspecified atom stereocenters. The summed E-state index contributed by atoms with van der Waals surface area (Å²) in [6, 6.07) is 0. The first-order valence-corrected chi connectivity index (χ1v) is 8.86. The van der Waals surface area contributed by atoms with E-state index in [1.54, 1.807) is 5.57 Å². The Morgan fingerprint density at radius 1 is 0.950 bits per heavy atom. The molecule has 0 aliphatic heterocycles. The van der Waals surface area contributed by atoms with Crippen LogP contribution in [0.2, 0.25) is 0 Å². The fraction of sp³-hybridized carbons (Fsp3) is 0.900. The highest BCUT2D eigenvalue weighted by molar-refractivity contribution is 5.05. The normalized spacial score (nSPS) is 19.6. The van der Waals surface area contributed by atoms with Crippen LogP contribution < -0.4 is 0 Å². The Morgan fingerprint density at radius 2 is 1.50 bits per heavy atom. The Hall–Kier alpha value is -0.260. The lowest BCUT2D eigenvalue weighted by molar-refractivity contribution is 0.0690. The zero-order chi connectivity index (χ0) is 15.9. The molecule has 0 heteroatoms. The highest BCUT2D eigenvalue weighted by atomic mass is 14.4. The van der Waals surface area contributed by atoms with E-state index in [1.807, 2.05) is 0 Å². The second kappa shape index (κ2) is 8.90. The molecule has 0 rings (SSSR count). The molecule has 0 radical (unpaired) electrons. The van der Waals surface area contributed by atoms with Gasteiger partial charge in [-0.15, -0.1) is 0 Å². The number of hydrogen-bond donors (Lipinski definition) is 0. The lowest BCUT2D eigenvalue weighted by atomic mass is 9.61. The van der Waals surface area contributed by atoms with Gasteiger partial charge in [-0.05, 0) is 42.4 Å². The van der Waals surface area contributed by atoms with Gasteiger partial charge < -0.3 is 0 Å². The van der Waals surface area contributed by atoms with E-state index in [1.165, 1.54) is 25.7 Å². The summed E-state index contributed by atoms with van der Waals surface area (Å²) in [6.45, 7) is 21.6. The van der Waals surface area contributed by atoms with Crippen molar-refractivity contribution >= 4 is 0 Å². The van der Waals surface area contributed by atoms with Gasteiger partial charge in [0.15, 0.2) is 0 Å². The SMILES string of the molecule is CCCC=C(C)C(C)C(C)C(C)(C)C(C)C(C)CCC. The topological polar surface area (TPSA) is 0 Å². The molecule has 0 fully saturated rings. The maximum absolute atomic E-state index is 2.48. The van der Waals surface area contributed by atoms with Crippen molar-refractivity contribution in [1.82, 2.24) is 0 Å². The first-order chi connectivity index (χ1) is 9.19. The van der Waals surface area contributed by atoms with Crippen molar-refractivity contribution in [3.8, 4) is 0 Å². The van der Waals surface area contributed by atoms with Crippen LogP contribution in [0.1, 0.15) is 88.0 Å². The molecule has 0 aromatic rings. The van der Waals surface area contributed by atoms with Crippen LogP contribution in [0.15, 0.2) is 11.6 Å². The molecular formula is C20H40. The van der Waals surface area contributed by atoms with E-state index in [0.717, 1.165) is 17.8 Å². The number of allylic oxidation sites excluding steroid dienone is 2. The number of hydrogen-bond acceptors (Lipinski definition) is 0. The van der Waals surface area contributed by atoms with E-state index >= 15 is 0 Å². The molecule has 0 heterocycles. The summed E-state index contributed by atoms with van der Waals surface area (Å²) < 4.78 is 0. The molecule has 0 aromatic carbocycles. The van der Waals surface area contributed by atoms with Crippen LogP contribution >= 0.6 is 0 Å². The molecule has 0 amide bonds. The van der Waals surface area contributed by atoms with Crippen molar-refractivity contribution in [3.05, 3.63) is 11.6 Å². The molecular weight excluding hydrogens is 240 g/mol. The van der Waals surface area contributed by atoms with Crippen molar-refractivity contribution in [2.45, 2.75) is 88.0 Å². The minimum absolute atomic E-state index is 0.398. The van der Waals surface area contributed by atoms with E-state index in [2.05, 4.69) is 68.4 Å². The van der Waals surface area contributed by atoms with Crippen LogP contribution in [0.5, 0.6) is 0 Å². The lowest BCUT2D eigenvalue weighted by Crippen LogP contribution is -2.36. The van der Waals surface area contributed by atoms with E-state index in [4.69, 9.17) is 0 Å². The second-order valence-corrected chi connectivity index (χ2v) is 7.69. The monoisotopic (exact) mass is 280 g/mol. The molecule has 0 bridgehead atoms. The minimum atomic E-state index is 0.398. The molecule has 20 heavy (non-hydrogen) atoms. The molecule has 0 N–H and O–H groups in total. The van der Waals surface area contributed by atoms with Gasteiger partial charge in [-0.25, -0.2) is 0 Å². The summed E-state index contributed by atoms with van der Waals surface area (Å²) in [5.74, 6) is 3.01. The highest BCUT2D eigenvalue weighted by Crippen LogP contribution is 2.45. The molecule has 0 saturated carbocycles. The standard InChI is InChI=1S/C20H40/c1-10-12-14-15(3)17(5)19(7)20(8,9)18(6)16(4)13-11-2/h14,16-19H,10-13H2,1-9H3. The molecule has 0 aliphatic rings. The van der Waals surface area contributed by atoms with Gasteiger partial charge in [0.1, 0.15) is 0 Å². The summed E-state index contributed by atoms with van der Waals surface area (Å²) in [5, 5.41) is 0. The molecule has 0 spiro atoms. The number of unbranched alkanes of at least 4 members (excludes halogenated alkanes) is 1. The number of rotatable bonds is 9. The quantitative estimate of drug-likeness (QED) is 0.395. The molecule has 0 aliphatic carbocycles. The van der Waals surface area contributed by atoms with Gasteiger partial charge in [0, 0.05) is 0 Å². The zero-order valence-corrected chi connectivity index (χ0v) is 15.7. The Bertz CT molecular complexity index is 284. The van der Waals surface area contributed by atoms with Gasteiger partial charge in [0.05, 0.1) is 0 Å². The largest absolute Gasteiger partial charge is 0.0853 e. The summed E-state index contributed by atoms with van der Waals surface area (Å²) in [4.78, 5) is 0. The third-order valence-electron chi connectivity index (χ3n) is 6.17. The zero-order valence-electron chi connectivity index (χ0n) is 15.7. The lowest BCUT2D eigenvalue weighted by Gasteiger charge is -2.44. The van der Waals surface area contributed by atoms with Gasteiger partial charge in [0.25, 0.3) is 0 Å². The third kappa shape index (κ3) is 5.26. The summed E-state index contributed by atoms with van der Waals surface area (Å²) in [6.07, 6.45) is 7.60. The van der Waals surface area contributed by atoms with E-state index in [0.29, 0.717) is 11.3 Å². The first-order valence-electron chi connectivity index (χ1n) is 8.86. The van der Waals surface area contributed by atoms with Crippen molar-refractivity contribution < 1.29 is 0 Å². The Morgan fingerprint density at radius 3 is 1.95 bits per heavy atom. The fourth-order valence-electron chi connectivity index (χ4n) is 3.45. The third-order valence-corrected chi connectivity index (χ3v) is 6.17. The molecule has 0 saturated heterocycles. The summed E-state index contributed by atoms with van der Waals surface area (Å²) in [5.41, 5.74) is 1.98. The van der Waals surface area contributed by atoms with Crippen LogP contribution in [0.3, 0.4) is 0 Å².